The van der Waals surface area contributed by atoms with E-state index in [-0.39, 0.29) is 44.4 Å². The summed E-state index contributed by atoms with van der Waals surface area (Å²) in [6, 6.07) is 15.7. The zero-order valence-electron chi connectivity index (χ0n) is 24.8. The van der Waals surface area contributed by atoms with Crippen LogP contribution < -0.4 is 27.0 Å². The highest BCUT2D eigenvalue weighted by Gasteiger charge is 2.28. The Morgan fingerprint density at radius 2 is 1.37 bits per heavy atom. The molecule has 12 heteroatoms. The van der Waals surface area contributed by atoms with Gasteiger partial charge in [-0.3, -0.25) is 24.0 Å². The minimum atomic E-state index is -1.03. The van der Waals surface area contributed by atoms with Crippen molar-refractivity contribution in [2.75, 3.05) is 46.1 Å². The Kier molecular flexibility index (Phi) is 16.2. The van der Waals surface area contributed by atoms with Crippen LogP contribution in [0, 0.1) is 5.92 Å². The minimum absolute atomic E-state index is 0.0488. The van der Waals surface area contributed by atoms with Crippen LogP contribution in [0.2, 0.25) is 0 Å². The van der Waals surface area contributed by atoms with Gasteiger partial charge >= 0.3 is 0 Å². The molecule has 0 heterocycles. The summed E-state index contributed by atoms with van der Waals surface area (Å²) in [5.74, 6) is -2.38. The minimum Gasteiger partial charge on any atom is -0.378 e. The van der Waals surface area contributed by atoms with E-state index in [1.165, 1.54) is 0 Å². The third-order valence-electron chi connectivity index (χ3n) is 6.11. The third kappa shape index (κ3) is 14.5. The molecule has 0 radical (unpaired) electrons. The standard InChI is InChI=1S/C31H43N5O7/c1-22(2)17-25(30(40)34-19-27(37)24-11-7-4-8-12-24)36-31(41)26(18-23-9-5-3-6-10-23)35-28(38)20-33-29(39)21-43-16-15-42-14-13-32/h3-12,22,25-26H,13-21,32H2,1-2H3,(H,33,39)(H,34,40)(H,35,38)(H,36,41). The van der Waals surface area contributed by atoms with E-state index in [9.17, 15) is 24.0 Å². The van der Waals surface area contributed by atoms with Gasteiger partial charge < -0.3 is 36.5 Å². The number of hydrogen-bond acceptors (Lipinski definition) is 8. The molecule has 0 bridgehead atoms. The van der Waals surface area contributed by atoms with Crippen LogP contribution in [-0.4, -0.2) is 87.6 Å². The fourth-order valence-electron chi connectivity index (χ4n) is 3.99. The molecule has 0 spiro atoms. The van der Waals surface area contributed by atoms with E-state index in [2.05, 4.69) is 21.3 Å². The molecule has 0 saturated carbocycles. The summed E-state index contributed by atoms with van der Waals surface area (Å²) in [4.78, 5) is 63.7. The second kappa shape index (κ2) is 19.9. The molecule has 0 aromatic heterocycles. The maximum absolute atomic E-state index is 13.4. The molecule has 6 N–H and O–H groups in total. The second-order valence-electron chi connectivity index (χ2n) is 10.2. The molecule has 0 aliphatic rings. The number of ether oxygens (including phenoxy) is 2. The van der Waals surface area contributed by atoms with Crippen LogP contribution in [0.3, 0.4) is 0 Å². The van der Waals surface area contributed by atoms with Crippen LogP contribution in [0.4, 0.5) is 0 Å². The van der Waals surface area contributed by atoms with Crippen molar-refractivity contribution in [2.24, 2.45) is 11.7 Å². The first-order valence-electron chi connectivity index (χ1n) is 14.3. The van der Waals surface area contributed by atoms with Crippen molar-refractivity contribution in [3.63, 3.8) is 0 Å². The number of nitrogens with one attached hydrogen (secondary N) is 4. The first-order chi connectivity index (χ1) is 20.7. The predicted molar refractivity (Wildman–Crippen MR) is 161 cm³/mol. The number of carbonyl (C=O) groups excluding carboxylic acids is 5. The molecule has 2 aromatic carbocycles. The highest BCUT2D eigenvalue weighted by atomic mass is 16.5. The zero-order chi connectivity index (χ0) is 31.5. The van der Waals surface area contributed by atoms with Gasteiger partial charge in [0, 0.05) is 18.5 Å². The molecule has 0 fully saturated rings. The molecular weight excluding hydrogens is 554 g/mol. The fourth-order valence-corrected chi connectivity index (χ4v) is 3.99. The summed E-state index contributed by atoms with van der Waals surface area (Å²) in [5.41, 5.74) is 6.58. The number of benzene rings is 2. The summed E-state index contributed by atoms with van der Waals surface area (Å²) >= 11 is 0. The van der Waals surface area contributed by atoms with Crippen LogP contribution in [-0.2, 0) is 35.1 Å². The lowest BCUT2D eigenvalue weighted by Crippen LogP contribution is -2.56. The maximum atomic E-state index is 13.4. The van der Waals surface area contributed by atoms with Crippen molar-refractivity contribution in [1.82, 2.24) is 21.3 Å². The molecule has 2 aromatic rings. The largest absolute Gasteiger partial charge is 0.378 e. The van der Waals surface area contributed by atoms with Crippen LogP contribution in [0.5, 0.6) is 0 Å². The van der Waals surface area contributed by atoms with Gasteiger partial charge in [0.2, 0.25) is 23.6 Å². The Morgan fingerprint density at radius 1 is 0.721 bits per heavy atom. The van der Waals surface area contributed by atoms with E-state index in [1.54, 1.807) is 30.3 Å². The van der Waals surface area contributed by atoms with Gasteiger partial charge in [0.15, 0.2) is 5.78 Å². The first kappa shape index (κ1) is 35.1. The van der Waals surface area contributed by atoms with Crippen LogP contribution >= 0.6 is 0 Å². The lowest BCUT2D eigenvalue weighted by Gasteiger charge is -2.24. The number of rotatable bonds is 20. The van der Waals surface area contributed by atoms with Gasteiger partial charge in [-0.2, -0.15) is 0 Å². The van der Waals surface area contributed by atoms with Crippen LogP contribution in [0.15, 0.2) is 60.7 Å². The first-order valence-corrected chi connectivity index (χ1v) is 14.3. The van der Waals surface area contributed by atoms with E-state index in [0.29, 0.717) is 31.7 Å². The fraction of sp³-hybridized carbons (Fsp3) is 0.452. The van der Waals surface area contributed by atoms with E-state index >= 15 is 0 Å². The van der Waals surface area contributed by atoms with E-state index < -0.39 is 35.7 Å². The normalized spacial score (nSPS) is 12.2. The van der Waals surface area contributed by atoms with Gasteiger partial charge in [-0.25, -0.2) is 0 Å². The van der Waals surface area contributed by atoms with Crippen molar-refractivity contribution in [3.8, 4) is 0 Å². The number of hydrogen-bond donors (Lipinski definition) is 5. The molecule has 0 aliphatic carbocycles. The molecule has 2 atom stereocenters. The van der Waals surface area contributed by atoms with Crippen molar-refractivity contribution in [1.29, 1.82) is 0 Å². The SMILES string of the molecule is CC(C)CC(NC(=O)C(Cc1ccccc1)NC(=O)CNC(=O)COCCOCCN)C(=O)NCC(=O)c1ccccc1. The molecule has 234 valence electrons. The number of amides is 4. The van der Waals surface area contributed by atoms with E-state index in [1.807, 2.05) is 44.2 Å². The zero-order valence-corrected chi connectivity index (χ0v) is 24.8. The highest BCUT2D eigenvalue weighted by Crippen LogP contribution is 2.08. The van der Waals surface area contributed by atoms with Crippen molar-refractivity contribution >= 4 is 29.4 Å². The van der Waals surface area contributed by atoms with E-state index in [0.717, 1.165) is 5.56 Å². The lowest BCUT2D eigenvalue weighted by atomic mass is 10.0. The quantitative estimate of drug-likeness (QED) is 0.107. The van der Waals surface area contributed by atoms with Gasteiger partial charge in [0.05, 0.1) is 32.9 Å². The number of nitrogens with two attached hydrogens (primary N) is 1. The summed E-state index contributed by atoms with van der Waals surface area (Å²) in [6.45, 7) is 4.24. The monoisotopic (exact) mass is 597 g/mol. The lowest BCUT2D eigenvalue weighted by molar-refractivity contribution is -0.133. The maximum Gasteiger partial charge on any atom is 0.246 e. The molecule has 0 aliphatic heterocycles. The van der Waals surface area contributed by atoms with E-state index in [4.69, 9.17) is 15.2 Å². The Balaban J connectivity index is 1.99. The topological polar surface area (TPSA) is 178 Å². The molecule has 12 nitrogen and oxygen atoms in total. The number of Topliss-reactive ketones (excluding diaryl/α,β-unsaturated/α-hetero) is 1. The van der Waals surface area contributed by atoms with Crippen LogP contribution in [0.1, 0.15) is 36.2 Å². The smallest absolute Gasteiger partial charge is 0.246 e. The van der Waals surface area contributed by atoms with Crippen LogP contribution in [0.25, 0.3) is 0 Å². The summed E-state index contributed by atoms with van der Waals surface area (Å²) in [5, 5.41) is 10.5. The second-order valence-corrected chi connectivity index (χ2v) is 10.2. The average molecular weight is 598 g/mol. The van der Waals surface area contributed by atoms with Gasteiger partial charge in [-0.05, 0) is 17.9 Å². The highest BCUT2D eigenvalue weighted by molar-refractivity contribution is 6.00. The summed E-state index contributed by atoms with van der Waals surface area (Å²) in [6.07, 6.45) is 0.469. The van der Waals surface area contributed by atoms with Gasteiger partial charge in [0.1, 0.15) is 18.7 Å². The Hall–Kier alpha value is -4.13. The molecule has 0 saturated heterocycles. The van der Waals surface area contributed by atoms with Gasteiger partial charge in [0.25, 0.3) is 0 Å². The molecule has 2 unspecified atom stereocenters. The Morgan fingerprint density at radius 3 is 2.02 bits per heavy atom. The average Bonchev–Trinajstić information content (AvgIpc) is 3.00. The Bertz CT molecular complexity index is 1160. The van der Waals surface area contributed by atoms with Crippen molar-refractivity contribution in [2.45, 2.75) is 38.8 Å². The molecular formula is C31H43N5O7. The van der Waals surface area contributed by atoms with Crippen molar-refractivity contribution in [3.05, 3.63) is 71.8 Å². The Labute approximate surface area is 252 Å². The summed E-state index contributed by atoms with van der Waals surface area (Å²) in [7, 11) is 0. The predicted octanol–water partition coefficient (Wildman–Crippen LogP) is 0.352. The molecule has 43 heavy (non-hydrogen) atoms. The number of ketones is 1. The molecule has 2 rings (SSSR count). The summed E-state index contributed by atoms with van der Waals surface area (Å²) < 4.78 is 10.4. The number of carbonyl (C=O) groups is 5. The van der Waals surface area contributed by atoms with Gasteiger partial charge in [-0.15, -0.1) is 0 Å². The third-order valence-corrected chi connectivity index (χ3v) is 6.11. The molecule has 4 amide bonds. The van der Waals surface area contributed by atoms with Crippen molar-refractivity contribution < 1.29 is 33.4 Å². The van der Waals surface area contributed by atoms with Gasteiger partial charge in [-0.1, -0.05) is 74.5 Å².